The standard InChI is InChI=1S/C9H19NO2/c1-8(11)5-7-12-9(2)4-6-10-3/h9-10H,4-7H2,1-3H3. The highest BCUT2D eigenvalue weighted by Crippen LogP contribution is 1.97. The molecule has 0 aromatic rings. The molecule has 0 radical (unpaired) electrons. The SMILES string of the molecule is CNCCC(C)OCCC(C)=O. The van der Waals surface area contributed by atoms with Crippen LogP contribution in [0.5, 0.6) is 0 Å². The normalized spacial score (nSPS) is 12.9. The van der Waals surface area contributed by atoms with E-state index in [1.54, 1.807) is 6.92 Å². The minimum Gasteiger partial charge on any atom is -0.378 e. The highest BCUT2D eigenvalue weighted by molar-refractivity contribution is 5.75. The molecule has 3 heteroatoms. The number of hydrogen-bond donors (Lipinski definition) is 1. The van der Waals surface area contributed by atoms with Gasteiger partial charge in [0.15, 0.2) is 0 Å². The van der Waals surface area contributed by atoms with Crippen molar-refractivity contribution in [2.75, 3.05) is 20.2 Å². The van der Waals surface area contributed by atoms with Crippen LogP contribution >= 0.6 is 0 Å². The van der Waals surface area contributed by atoms with Gasteiger partial charge in [0.2, 0.25) is 0 Å². The molecular formula is C9H19NO2. The third kappa shape index (κ3) is 7.69. The first kappa shape index (κ1) is 11.6. The molecule has 0 saturated heterocycles. The van der Waals surface area contributed by atoms with Crippen molar-refractivity contribution in [2.24, 2.45) is 0 Å². The van der Waals surface area contributed by atoms with Crippen LogP contribution in [0.1, 0.15) is 26.7 Å². The topological polar surface area (TPSA) is 38.3 Å². The molecule has 1 atom stereocenters. The van der Waals surface area contributed by atoms with Gasteiger partial charge in [0.25, 0.3) is 0 Å². The molecule has 0 aromatic carbocycles. The van der Waals surface area contributed by atoms with Gasteiger partial charge in [0.05, 0.1) is 12.7 Å². The molecule has 1 unspecified atom stereocenters. The number of ether oxygens (including phenoxy) is 1. The summed E-state index contributed by atoms with van der Waals surface area (Å²) in [5, 5.41) is 3.05. The lowest BCUT2D eigenvalue weighted by Crippen LogP contribution is -2.18. The van der Waals surface area contributed by atoms with Gasteiger partial charge < -0.3 is 10.1 Å². The van der Waals surface area contributed by atoms with E-state index in [0.717, 1.165) is 13.0 Å². The second-order valence-electron chi connectivity index (χ2n) is 3.03. The van der Waals surface area contributed by atoms with E-state index in [9.17, 15) is 4.79 Å². The summed E-state index contributed by atoms with van der Waals surface area (Å²) in [6.45, 7) is 5.13. The van der Waals surface area contributed by atoms with Gasteiger partial charge in [-0.05, 0) is 33.9 Å². The van der Waals surface area contributed by atoms with Crippen molar-refractivity contribution in [3.63, 3.8) is 0 Å². The maximum atomic E-state index is 10.5. The van der Waals surface area contributed by atoms with Crippen LogP contribution in [0.25, 0.3) is 0 Å². The summed E-state index contributed by atoms with van der Waals surface area (Å²) in [6, 6.07) is 0. The van der Waals surface area contributed by atoms with Crippen molar-refractivity contribution >= 4 is 5.78 Å². The average Bonchev–Trinajstić information content (AvgIpc) is 2.00. The third-order valence-corrected chi connectivity index (χ3v) is 1.66. The summed E-state index contributed by atoms with van der Waals surface area (Å²) in [7, 11) is 1.92. The minimum absolute atomic E-state index is 0.191. The molecule has 0 amide bonds. The third-order valence-electron chi connectivity index (χ3n) is 1.66. The van der Waals surface area contributed by atoms with Crippen molar-refractivity contribution in [3.05, 3.63) is 0 Å². The Hall–Kier alpha value is -0.410. The largest absolute Gasteiger partial charge is 0.378 e. The summed E-state index contributed by atoms with van der Waals surface area (Å²) in [4.78, 5) is 10.5. The number of Topliss-reactive ketones (excluding diaryl/α,β-unsaturated/α-hetero) is 1. The maximum Gasteiger partial charge on any atom is 0.132 e. The van der Waals surface area contributed by atoms with E-state index in [4.69, 9.17) is 4.74 Å². The Morgan fingerprint density at radius 3 is 2.75 bits per heavy atom. The molecule has 0 bridgehead atoms. The van der Waals surface area contributed by atoms with Crippen LogP contribution in [-0.4, -0.2) is 32.1 Å². The van der Waals surface area contributed by atoms with E-state index in [-0.39, 0.29) is 11.9 Å². The van der Waals surface area contributed by atoms with Gasteiger partial charge in [-0.3, -0.25) is 4.79 Å². The van der Waals surface area contributed by atoms with E-state index in [1.165, 1.54) is 0 Å². The van der Waals surface area contributed by atoms with Gasteiger partial charge in [0.1, 0.15) is 5.78 Å². The van der Waals surface area contributed by atoms with Crippen molar-refractivity contribution in [3.8, 4) is 0 Å². The number of rotatable bonds is 7. The lowest BCUT2D eigenvalue weighted by molar-refractivity contribution is -0.118. The predicted molar refractivity (Wildman–Crippen MR) is 49.3 cm³/mol. The molecule has 0 aliphatic heterocycles. The Labute approximate surface area is 74.5 Å². The molecular weight excluding hydrogens is 154 g/mol. The second kappa shape index (κ2) is 7.25. The first-order chi connectivity index (χ1) is 5.66. The fourth-order valence-electron chi connectivity index (χ4n) is 0.835. The van der Waals surface area contributed by atoms with Crippen molar-refractivity contribution in [1.29, 1.82) is 0 Å². The number of ketones is 1. The highest BCUT2D eigenvalue weighted by atomic mass is 16.5. The molecule has 12 heavy (non-hydrogen) atoms. The molecule has 0 saturated carbocycles. The number of nitrogens with one attached hydrogen (secondary N) is 1. The molecule has 0 aliphatic rings. The Morgan fingerprint density at radius 1 is 1.58 bits per heavy atom. The average molecular weight is 173 g/mol. The molecule has 1 N–H and O–H groups in total. The molecule has 0 aliphatic carbocycles. The maximum absolute atomic E-state index is 10.5. The predicted octanol–water partition coefficient (Wildman–Crippen LogP) is 0.980. The highest BCUT2D eigenvalue weighted by Gasteiger charge is 2.01. The zero-order valence-corrected chi connectivity index (χ0v) is 8.22. The van der Waals surface area contributed by atoms with E-state index in [1.807, 2.05) is 14.0 Å². The quantitative estimate of drug-likeness (QED) is 0.623. The van der Waals surface area contributed by atoms with Crippen molar-refractivity contribution < 1.29 is 9.53 Å². The number of carbonyl (C=O) groups is 1. The fraction of sp³-hybridized carbons (Fsp3) is 0.889. The molecule has 3 nitrogen and oxygen atoms in total. The summed E-state index contributed by atoms with van der Waals surface area (Å²) >= 11 is 0. The smallest absolute Gasteiger partial charge is 0.132 e. The van der Waals surface area contributed by atoms with Gasteiger partial charge in [-0.2, -0.15) is 0 Å². The Balaban J connectivity index is 3.19. The van der Waals surface area contributed by atoms with Crippen LogP contribution in [0, 0.1) is 0 Å². The summed E-state index contributed by atoms with van der Waals surface area (Å²) in [6.07, 6.45) is 1.77. The molecule has 0 heterocycles. The van der Waals surface area contributed by atoms with Crippen LogP contribution in [-0.2, 0) is 9.53 Å². The Kier molecular flexibility index (Phi) is 7.00. The van der Waals surface area contributed by atoms with Crippen LogP contribution in [0.4, 0.5) is 0 Å². The van der Waals surface area contributed by atoms with E-state index in [2.05, 4.69) is 5.32 Å². The summed E-state index contributed by atoms with van der Waals surface area (Å²) in [5.74, 6) is 0.191. The first-order valence-electron chi connectivity index (χ1n) is 4.42. The van der Waals surface area contributed by atoms with Gasteiger partial charge in [-0.1, -0.05) is 0 Å². The minimum atomic E-state index is 0.191. The van der Waals surface area contributed by atoms with Crippen molar-refractivity contribution in [1.82, 2.24) is 5.32 Å². The molecule has 0 aromatic heterocycles. The van der Waals surface area contributed by atoms with E-state index >= 15 is 0 Å². The Morgan fingerprint density at radius 2 is 2.25 bits per heavy atom. The van der Waals surface area contributed by atoms with Gasteiger partial charge in [0, 0.05) is 6.42 Å². The molecule has 0 spiro atoms. The molecule has 72 valence electrons. The van der Waals surface area contributed by atoms with Crippen LogP contribution in [0.15, 0.2) is 0 Å². The summed E-state index contributed by atoms with van der Waals surface area (Å²) in [5.41, 5.74) is 0. The van der Waals surface area contributed by atoms with E-state index < -0.39 is 0 Å². The number of hydrogen-bond acceptors (Lipinski definition) is 3. The van der Waals surface area contributed by atoms with Crippen LogP contribution in [0.3, 0.4) is 0 Å². The first-order valence-corrected chi connectivity index (χ1v) is 4.42. The van der Waals surface area contributed by atoms with Crippen LogP contribution in [0.2, 0.25) is 0 Å². The monoisotopic (exact) mass is 173 g/mol. The Bertz CT molecular complexity index is 126. The molecule has 0 rings (SSSR count). The second-order valence-corrected chi connectivity index (χ2v) is 3.03. The lowest BCUT2D eigenvalue weighted by Gasteiger charge is -2.11. The number of carbonyl (C=O) groups excluding carboxylic acids is 1. The van der Waals surface area contributed by atoms with Crippen molar-refractivity contribution in [2.45, 2.75) is 32.8 Å². The zero-order chi connectivity index (χ0) is 9.40. The van der Waals surface area contributed by atoms with Gasteiger partial charge >= 0.3 is 0 Å². The van der Waals surface area contributed by atoms with E-state index in [0.29, 0.717) is 13.0 Å². The fourth-order valence-corrected chi connectivity index (χ4v) is 0.835. The summed E-state index contributed by atoms with van der Waals surface area (Å²) < 4.78 is 5.39. The zero-order valence-electron chi connectivity index (χ0n) is 8.22. The van der Waals surface area contributed by atoms with Gasteiger partial charge in [-0.15, -0.1) is 0 Å². The van der Waals surface area contributed by atoms with Crippen LogP contribution < -0.4 is 5.32 Å². The molecule has 0 fully saturated rings. The lowest BCUT2D eigenvalue weighted by atomic mass is 10.3. The van der Waals surface area contributed by atoms with Gasteiger partial charge in [-0.25, -0.2) is 0 Å².